The van der Waals surface area contributed by atoms with Crippen LogP contribution in [0.2, 0.25) is 0 Å². The SMILES string of the molecule is CC(C)(C)C1(C(C)(C)C)CC1.CC(C)(C)C1(C(C)(C)C)CCC1.CC(C)(C)C1(C(C)(C)C)CCO1.CC(C)(C)C1(C(C)(C)C)COC1.CN1CC(C(C)(C)C)(C(C)(C)C)C1. The average molecular weight is 847 g/mol. The molecule has 2 saturated carbocycles. The highest BCUT2D eigenvalue weighted by Crippen LogP contribution is 2.68. The zero-order chi connectivity index (χ0) is 48.3. The molecule has 3 saturated heterocycles. The normalized spacial score (nSPS) is 23.6. The van der Waals surface area contributed by atoms with E-state index in [4.69, 9.17) is 9.47 Å². The van der Waals surface area contributed by atoms with E-state index in [9.17, 15) is 0 Å². The molecule has 360 valence electrons. The molecule has 0 aromatic carbocycles. The van der Waals surface area contributed by atoms with Crippen molar-refractivity contribution < 1.29 is 9.47 Å². The first-order valence-electron chi connectivity index (χ1n) is 24.8. The lowest BCUT2D eigenvalue weighted by atomic mass is 9.45. The molecule has 0 radical (unpaired) electrons. The Morgan fingerprint density at radius 1 is 0.317 bits per heavy atom. The van der Waals surface area contributed by atoms with Crippen LogP contribution < -0.4 is 0 Å². The van der Waals surface area contributed by atoms with Crippen molar-refractivity contribution in [3.8, 4) is 0 Å². The zero-order valence-electron chi connectivity index (χ0n) is 47.5. The van der Waals surface area contributed by atoms with E-state index >= 15 is 0 Å². The van der Waals surface area contributed by atoms with E-state index in [0.29, 0.717) is 65.0 Å². The molecule has 0 amide bonds. The van der Waals surface area contributed by atoms with Crippen LogP contribution in [0.25, 0.3) is 0 Å². The minimum atomic E-state index is 0.0972. The van der Waals surface area contributed by atoms with Crippen LogP contribution in [-0.4, -0.2) is 50.5 Å². The van der Waals surface area contributed by atoms with Crippen molar-refractivity contribution in [3.63, 3.8) is 0 Å². The molecular formula is C57H115NO2. The van der Waals surface area contributed by atoms with E-state index in [-0.39, 0.29) is 16.4 Å². The molecule has 5 fully saturated rings. The maximum Gasteiger partial charge on any atom is 0.0800 e. The third-order valence-electron chi connectivity index (χ3n) is 18.4. The second kappa shape index (κ2) is 17.6. The number of hydrogen-bond donors (Lipinski definition) is 0. The largest absolute Gasteiger partial charge is 0.380 e. The number of hydrogen-bond acceptors (Lipinski definition) is 3. The molecule has 0 unspecified atom stereocenters. The third kappa shape index (κ3) is 11.3. The molecule has 0 aromatic rings. The Morgan fingerprint density at radius 3 is 0.583 bits per heavy atom. The van der Waals surface area contributed by atoms with Gasteiger partial charge in [-0.05, 0) is 97.7 Å². The van der Waals surface area contributed by atoms with Crippen molar-refractivity contribution in [1.82, 2.24) is 4.90 Å². The second-order valence-corrected chi connectivity index (χ2v) is 31.3. The fourth-order valence-electron chi connectivity index (χ4n) is 13.8. The molecule has 0 spiro atoms. The van der Waals surface area contributed by atoms with Crippen molar-refractivity contribution in [2.75, 3.05) is 40.0 Å². The number of nitrogens with zero attached hydrogens (tertiary/aromatic N) is 1. The molecule has 60 heavy (non-hydrogen) atoms. The smallest absolute Gasteiger partial charge is 0.0800 e. The topological polar surface area (TPSA) is 21.7 Å². The zero-order valence-corrected chi connectivity index (χ0v) is 47.5. The van der Waals surface area contributed by atoms with Gasteiger partial charge in [0.05, 0.1) is 25.4 Å². The lowest BCUT2D eigenvalue weighted by molar-refractivity contribution is -0.258. The van der Waals surface area contributed by atoms with Gasteiger partial charge < -0.3 is 14.4 Å². The highest BCUT2D eigenvalue weighted by Gasteiger charge is 2.60. The summed E-state index contributed by atoms with van der Waals surface area (Å²) in [6.07, 6.45) is 8.37. The van der Waals surface area contributed by atoms with Gasteiger partial charge >= 0.3 is 0 Å². The molecule has 3 heteroatoms. The van der Waals surface area contributed by atoms with E-state index < -0.39 is 0 Å². The van der Waals surface area contributed by atoms with E-state index in [1.165, 1.54) is 51.6 Å². The van der Waals surface area contributed by atoms with Crippen molar-refractivity contribution in [2.24, 2.45) is 75.8 Å². The highest BCUT2D eigenvalue weighted by atomic mass is 16.5. The molecule has 0 N–H and O–H groups in total. The number of rotatable bonds is 0. The van der Waals surface area contributed by atoms with Gasteiger partial charge in [-0.3, -0.25) is 0 Å². The average Bonchev–Trinajstić information content (AvgIpc) is 3.61. The number of likely N-dealkylation sites (tertiary alicyclic amines) is 1. The van der Waals surface area contributed by atoms with Crippen LogP contribution in [-0.2, 0) is 9.47 Å². The van der Waals surface area contributed by atoms with Crippen LogP contribution >= 0.6 is 0 Å². The molecule has 5 rings (SSSR count). The van der Waals surface area contributed by atoms with Gasteiger partial charge in [0.2, 0.25) is 0 Å². The van der Waals surface area contributed by atoms with Crippen LogP contribution in [0.1, 0.15) is 246 Å². The van der Waals surface area contributed by atoms with Gasteiger partial charge in [0, 0.05) is 30.3 Å². The standard InChI is InChI=1S/C12H25N.C12H24.2C11H22O.C11H22/c1-10(2,3)12(11(4,5)6)8-13(7)9-12;1-10(2,3)12(8-7-9-12)11(4,5)6;1-9(2,3)11(7-12-8-11)10(4,5)6;1-9(2,3)11(7-8-12-11)10(4,5)6;1-9(2,3)11(7-8-11)10(4,5)6/h8-9H2,1-7H3;7-9H2,1-6H3;2*7-8H2,1-6H3;7-8H2,1-6H3. The third-order valence-corrected chi connectivity index (χ3v) is 18.4. The Bertz CT molecular complexity index is 1140. The van der Waals surface area contributed by atoms with Crippen molar-refractivity contribution >= 4 is 0 Å². The molecule has 3 nitrogen and oxygen atoms in total. The Balaban J connectivity index is 0.000000375. The van der Waals surface area contributed by atoms with Gasteiger partial charge in [-0.1, -0.05) is 214 Å². The fraction of sp³-hybridized carbons (Fsp3) is 1.00. The van der Waals surface area contributed by atoms with Gasteiger partial charge in [0.25, 0.3) is 0 Å². The lowest BCUT2D eigenvalue weighted by Crippen LogP contribution is -2.66. The van der Waals surface area contributed by atoms with Gasteiger partial charge in [-0.25, -0.2) is 0 Å². The van der Waals surface area contributed by atoms with Crippen LogP contribution in [0.4, 0.5) is 0 Å². The van der Waals surface area contributed by atoms with Crippen molar-refractivity contribution in [3.05, 3.63) is 0 Å². The summed E-state index contributed by atoms with van der Waals surface area (Å²) < 4.78 is 11.2. The Hall–Kier alpha value is -0.120. The fourth-order valence-corrected chi connectivity index (χ4v) is 13.8. The highest BCUT2D eigenvalue weighted by molar-refractivity contribution is 5.09. The van der Waals surface area contributed by atoms with Crippen LogP contribution in [0.3, 0.4) is 0 Å². The van der Waals surface area contributed by atoms with E-state index in [1.54, 1.807) is 0 Å². The van der Waals surface area contributed by atoms with Gasteiger partial charge in [-0.15, -0.1) is 0 Å². The second-order valence-electron chi connectivity index (χ2n) is 31.3. The molecule has 0 atom stereocenters. The number of ether oxygens (including phenoxy) is 2. The van der Waals surface area contributed by atoms with Gasteiger partial charge in [-0.2, -0.15) is 0 Å². The minimum Gasteiger partial charge on any atom is -0.380 e. The van der Waals surface area contributed by atoms with E-state index in [2.05, 4.69) is 220 Å². The molecule has 0 aromatic heterocycles. The summed E-state index contributed by atoms with van der Waals surface area (Å²) >= 11 is 0. The van der Waals surface area contributed by atoms with E-state index in [1.807, 2.05) is 0 Å². The van der Waals surface area contributed by atoms with Crippen molar-refractivity contribution in [1.29, 1.82) is 0 Å². The first-order valence-corrected chi connectivity index (χ1v) is 24.8. The van der Waals surface area contributed by atoms with Crippen molar-refractivity contribution in [2.45, 2.75) is 252 Å². The van der Waals surface area contributed by atoms with Gasteiger partial charge in [0.15, 0.2) is 0 Å². The maximum atomic E-state index is 5.85. The predicted octanol–water partition coefficient (Wildman–Crippen LogP) is 17.5. The summed E-state index contributed by atoms with van der Waals surface area (Å²) in [5, 5.41) is 0. The van der Waals surface area contributed by atoms with E-state index in [0.717, 1.165) is 19.8 Å². The predicted molar refractivity (Wildman–Crippen MR) is 269 cm³/mol. The summed E-state index contributed by atoms with van der Waals surface area (Å²) in [6, 6.07) is 0. The lowest BCUT2D eigenvalue weighted by Gasteiger charge is -2.63. The Kier molecular flexibility index (Phi) is 17.0. The summed E-state index contributed by atoms with van der Waals surface area (Å²) in [6.45, 7) is 75.8. The minimum absolute atomic E-state index is 0.0972. The summed E-state index contributed by atoms with van der Waals surface area (Å²) in [4.78, 5) is 2.43. The summed E-state index contributed by atoms with van der Waals surface area (Å²) in [5.41, 5.74) is 6.16. The first-order chi connectivity index (χ1) is 25.9. The molecule has 0 bridgehead atoms. The summed E-state index contributed by atoms with van der Waals surface area (Å²) in [5.74, 6) is 0. The summed E-state index contributed by atoms with van der Waals surface area (Å²) in [7, 11) is 2.22. The molecule has 3 heterocycles. The molecule has 2 aliphatic carbocycles. The Morgan fingerprint density at radius 2 is 0.567 bits per heavy atom. The van der Waals surface area contributed by atoms with Gasteiger partial charge in [0.1, 0.15) is 0 Å². The monoisotopic (exact) mass is 846 g/mol. The maximum absolute atomic E-state index is 5.85. The van der Waals surface area contributed by atoms with Crippen LogP contribution in [0.5, 0.6) is 0 Å². The molecule has 3 aliphatic heterocycles. The van der Waals surface area contributed by atoms with Crippen LogP contribution in [0.15, 0.2) is 0 Å². The van der Waals surface area contributed by atoms with Crippen LogP contribution in [0, 0.1) is 75.8 Å². The quantitative estimate of drug-likeness (QED) is 0.242. The first kappa shape index (κ1) is 57.9. The Labute approximate surface area is 380 Å². The molecular weight excluding hydrogens is 731 g/mol. The molecule has 5 aliphatic rings.